The molecule has 2 rings (SSSR count). The quantitative estimate of drug-likeness (QED) is 0.707. The Hall–Kier alpha value is -2.05. The third-order valence-electron chi connectivity index (χ3n) is 3.46. The lowest BCUT2D eigenvalue weighted by molar-refractivity contribution is 0.425. The van der Waals surface area contributed by atoms with Crippen LogP contribution < -0.4 is 16.1 Å². The lowest BCUT2D eigenvalue weighted by Gasteiger charge is -2.28. The van der Waals surface area contributed by atoms with E-state index in [2.05, 4.69) is 11.9 Å². The Balaban J connectivity index is 2.33. The number of benzene rings is 1. The Morgan fingerprint density at radius 1 is 1.25 bits per heavy atom. The first-order chi connectivity index (χ1) is 9.50. The maximum absolute atomic E-state index is 9.23. The Morgan fingerprint density at radius 3 is 2.50 bits per heavy atom. The number of rotatable bonds is 4. The van der Waals surface area contributed by atoms with E-state index < -0.39 is 7.12 Å². The molecular weight excluding hydrogens is 253 g/mol. The van der Waals surface area contributed by atoms with Gasteiger partial charge >= 0.3 is 7.12 Å². The summed E-state index contributed by atoms with van der Waals surface area (Å²) in [5, 5.41) is 18.5. The SMILES string of the molecule is CC(c1ccccc1)N(C)c1cc(B(O)O)cnc1N. The number of nitrogens with zero attached hydrogens (tertiary/aromatic N) is 2. The summed E-state index contributed by atoms with van der Waals surface area (Å²) in [4.78, 5) is 5.98. The molecule has 0 fully saturated rings. The van der Waals surface area contributed by atoms with Crippen LogP contribution in [0.25, 0.3) is 0 Å². The molecular formula is C14H18BN3O2. The maximum atomic E-state index is 9.23. The van der Waals surface area contributed by atoms with Gasteiger partial charge in [0.25, 0.3) is 0 Å². The fraction of sp³-hybridized carbons (Fsp3) is 0.214. The Kier molecular flexibility index (Phi) is 4.27. The molecule has 0 saturated heterocycles. The molecule has 0 aliphatic carbocycles. The lowest BCUT2D eigenvalue weighted by atomic mass is 9.81. The van der Waals surface area contributed by atoms with Gasteiger partial charge in [-0.15, -0.1) is 0 Å². The molecule has 0 aliphatic heterocycles. The number of nitrogen functional groups attached to an aromatic ring is 1. The van der Waals surface area contributed by atoms with Crippen LogP contribution in [-0.4, -0.2) is 29.2 Å². The van der Waals surface area contributed by atoms with Crippen LogP contribution in [0.3, 0.4) is 0 Å². The molecule has 20 heavy (non-hydrogen) atoms. The molecule has 0 saturated carbocycles. The van der Waals surface area contributed by atoms with Crippen LogP contribution in [-0.2, 0) is 0 Å². The fourth-order valence-corrected chi connectivity index (χ4v) is 2.07. The fourth-order valence-electron chi connectivity index (χ4n) is 2.07. The summed E-state index contributed by atoms with van der Waals surface area (Å²) < 4.78 is 0. The number of pyridine rings is 1. The van der Waals surface area contributed by atoms with Crippen molar-refractivity contribution in [3.63, 3.8) is 0 Å². The van der Waals surface area contributed by atoms with E-state index in [9.17, 15) is 10.0 Å². The van der Waals surface area contributed by atoms with E-state index in [-0.39, 0.29) is 6.04 Å². The van der Waals surface area contributed by atoms with Crippen LogP contribution in [0.1, 0.15) is 18.5 Å². The molecule has 0 spiro atoms. The standard InChI is InChI=1S/C14H18BN3O2/c1-10(11-6-4-3-5-7-11)18(2)13-8-12(15(19)20)9-17-14(13)16/h3-10,19-20H,1-2H3,(H2,16,17). The highest BCUT2D eigenvalue weighted by Crippen LogP contribution is 2.27. The van der Waals surface area contributed by atoms with Gasteiger partial charge in [0.1, 0.15) is 5.82 Å². The summed E-state index contributed by atoms with van der Waals surface area (Å²) in [6, 6.07) is 11.7. The van der Waals surface area contributed by atoms with E-state index in [1.807, 2.05) is 42.3 Å². The second kappa shape index (κ2) is 5.94. The molecule has 104 valence electrons. The first kappa shape index (κ1) is 14.4. The summed E-state index contributed by atoms with van der Waals surface area (Å²) in [5.41, 5.74) is 8.03. The minimum atomic E-state index is -1.55. The number of hydrogen-bond donors (Lipinski definition) is 3. The number of hydrogen-bond acceptors (Lipinski definition) is 5. The van der Waals surface area contributed by atoms with E-state index in [1.54, 1.807) is 6.07 Å². The van der Waals surface area contributed by atoms with Gasteiger partial charge in [0.05, 0.1) is 11.7 Å². The second-order valence-corrected chi connectivity index (χ2v) is 4.74. The van der Waals surface area contributed by atoms with Crippen LogP contribution in [0.2, 0.25) is 0 Å². The van der Waals surface area contributed by atoms with Crippen molar-refractivity contribution in [3.8, 4) is 0 Å². The molecule has 2 aromatic rings. The van der Waals surface area contributed by atoms with E-state index in [4.69, 9.17) is 5.73 Å². The molecule has 1 unspecified atom stereocenters. The second-order valence-electron chi connectivity index (χ2n) is 4.74. The molecule has 0 radical (unpaired) electrons. The van der Waals surface area contributed by atoms with Gasteiger partial charge in [-0.3, -0.25) is 0 Å². The van der Waals surface area contributed by atoms with Crippen molar-refractivity contribution in [2.75, 3.05) is 17.7 Å². The van der Waals surface area contributed by atoms with Crippen molar-refractivity contribution in [1.29, 1.82) is 0 Å². The van der Waals surface area contributed by atoms with E-state index in [0.717, 1.165) is 5.56 Å². The third kappa shape index (κ3) is 2.92. The molecule has 6 heteroatoms. The van der Waals surface area contributed by atoms with Crippen molar-refractivity contribution in [2.45, 2.75) is 13.0 Å². The average molecular weight is 271 g/mol. The summed E-state index contributed by atoms with van der Waals surface area (Å²) >= 11 is 0. The summed E-state index contributed by atoms with van der Waals surface area (Å²) in [6.07, 6.45) is 1.37. The third-order valence-corrected chi connectivity index (χ3v) is 3.46. The summed E-state index contributed by atoms with van der Waals surface area (Å²) in [7, 11) is 0.348. The molecule has 1 atom stereocenters. The van der Waals surface area contributed by atoms with Gasteiger partial charge in [-0.2, -0.15) is 0 Å². The number of anilines is 2. The topological polar surface area (TPSA) is 82.6 Å². The van der Waals surface area contributed by atoms with Gasteiger partial charge in [-0.05, 0) is 18.6 Å². The molecule has 4 N–H and O–H groups in total. The Labute approximate surface area is 118 Å². The maximum Gasteiger partial charge on any atom is 0.490 e. The normalized spacial score (nSPS) is 12.0. The molecule has 5 nitrogen and oxygen atoms in total. The molecule has 1 aromatic carbocycles. The highest BCUT2D eigenvalue weighted by atomic mass is 16.4. The molecule has 0 amide bonds. The van der Waals surface area contributed by atoms with Gasteiger partial charge in [0.2, 0.25) is 0 Å². The van der Waals surface area contributed by atoms with Crippen LogP contribution >= 0.6 is 0 Å². The molecule has 1 aromatic heterocycles. The minimum absolute atomic E-state index is 0.0892. The van der Waals surface area contributed by atoms with Crippen LogP contribution in [0, 0.1) is 0 Å². The Bertz CT molecular complexity index is 578. The van der Waals surface area contributed by atoms with Crippen molar-refractivity contribution >= 4 is 24.1 Å². The number of nitrogens with two attached hydrogens (primary N) is 1. The first-order valence-electron chi connectivity index (χ1n) is 6.40. The summed E-state index contributed by atoms with van der Waals surface area (Å²) in [6.45, 7) is 2.05. The van der Waals surface area contributed by atoms with E-state index in [1.165, 1.54) is 6.20 Å². The van der Waals surface area contributed by atoms with Gasteiger partial charge in [0.15, 0.2) is 0 Å². The number of aromatic nitrogens is 1. The lowest BCUT2D eigenvalue weighted by Crippen LogP contribution is -2.32. The van der Waals surface area contributed by atoms with E-state index >= 15 is 0 Å². The van der Waals surface area contributed by atoms with Crippen LogP contribution in [0.4, 0.5) is 11.5 Å². The molecule has 1 heterocycles. The minimum Gasteiger partial charge on any atom is -0.423 e. The van der Waals surface area contributed by atoms with Gasteiger partial charge < -0.3 is 20.7 Å². The van der Waals surface area contributed by atoms with Crippen molar-refractivity contribution in [1.82, 2.24) is 4.98 Å². The summed E-state index contributed by atoms with van der Waals surface area (Å²) in [5.74, 6) is 0.361. The van der Waals surface area contributed by atoms with Crippen molar-refractivity contribution in [3.05, 3.63) is 48.2 Å². The highest BCUT2D eigenvalue weighted by Gasteiger charge is 2.19. The van der Waals surface area contributed by atoms with Crippen LogP contribution in [0.15, 0.2) is 42.6 Å². The first-order valence-corrected chi connectivity index (χ1v) is 6.40. The predicted molar refractivity (Wildman–Crippen MR) is 81.7 cm³/mol. The van der Waals surface area contributed by atoms with Gasteiger partial charge in [-0.25, -0.2) is 4.98 Å². The van der Waals surface area contributed by atoms with Gasteiger partial charge in [-0.1, -0.05) is 30.3 Å². The largest absolute Gasteiger partial charge is 0.490 e. The van der Waals surface area contributed by atoms with Crippen molar-refractivity contribution < 1.29 is 10.0 Å². The Morgan fingerprint density at radius 2 is 1.90 bits per heavy atom. The molecule has 0 bridgehead atoms. The zero-order valence-electron chi connectivity index (χ0n) is 11.6. The van der Waals surface area contributed by atoms with Crippen molar-refractivity contribution in [2.24, 2.45) is 0 Å². The molecule has 0 aliphatic rings. The zero-order chi connectivity index (χ0) is 14.7. The average Bonchev–Trinajstić information content (AvgIpc) is 2.47. The highest BCUT2D eigenvalue weighted by molar-refractivity contribution is 6.58. The van der Waals surface area contributed by atoms with E-state index in [0.29, 0.717) is 17.0 Å². The zero-order valence-corrected chi connectivity index (χ0v) is 11.6. The monoisotopic (exact) mass is 271 g/mol. The van der Waals surface area contributed by atoms with Crippen LogP contribution in [0.5, 0.6) is 0 Å². The van der Waals surface area contributed by atoms with Gasteiger partial charge in [0, 0.05) is 18.7 Å². The smallest absolute Gasteiger partial charge is 0.423 e. The predicted octanol–water partition coefficient (Wildman–Crippen LogP) is 0.541.